The number of guanidine groups is 1. The summed E-state index contributed by atoms with van der Waals surface area (Å²) < 4.78 is 40.5. The van der Waals surface area contributed by atoms with Gasteiger partial charge in [-0.2, -0.15) is 0 Å². The molecule has 0 amide bonds. The van der Waals surface area contributed by atoms with Crippen LogP contribution in [-0.4, -0.2) is 41.5 Å². The van der Waals surface area contributed by atoms with Crippen LogP contribution in [0.2, 0.25) is 0 Å². The van der Waals surface area contributed by atoms with E-state index < -0.39 is 6.36 Å². The molecule has 2 aromatic carbocycles. The number of benzene rings is 2. The highest BCUT2D eigenvalue weighted by Gasteiger charge is 2.30. The summed E-state index contributed by atoms with van der Waals surface area (Å²) in [6, 6.07) is 13.6. The number of hydrogen-bond acceptors (Lipinski definition) is 4. The summed E-state index contributed by atoms with van der Waals surface area (Å²) in [7, 11) is 0. The molecule has 0 saturated carbocycles. The second-order valence-corrected chi connectivity index (χ2v) is 7.52. The Bertz CT molecular complexity index is 864. The zero-order valence-corrected chi connectivity index (χ0v) is 17.1. The number of nitrogens with zero attached hydrogens (tertiary/aromatic N) is 2. The topological polar surface area (TPSA) is 83.1 Å². The van der Waals surface area contributed by atoms with E-state index in [1.165, 1.54) is 29.8 Å². The van der Waals surface area contributed by atoms with Gasteiger partial charge in [0.25, 0.3) is 0 Å². The van der Waals surface area contributed by atoms with Crippen molar-refractivity contribution in [1.82, 2.24) is 10.2 Å². The van der Waals surface area contributed by atoms with E-state index in [9.17, 15) is 18.3 Å². The number of aliphatic imine (C=N–C) groups is 1. The number of aliphatic hydroxyl groups is 1. The first-order valence-corrected chi connectivity index (χ1v) is 10.1. The van der Waals surface area contributed by atoms with Gasteiger partial charge in [-0.3, -0.25) is 4.90 Å². The van der Waals surface area contributed by atoms with Crippen molar-refractivity contribution in [2.75, 3.05) is 13.1 Å². The van der Waals surface area contributed by atoms with Gasteiger partial charge in [0.1, 0.15) is 5.75 Å². The van der Waals surface area contributed by atoms with Crippen molar-refractivity contribution in [3.8, 4) is 5.75 Å². The van der Waals surface area contributed by atoms with Gasteiger partial charge in [0, 0.05) is 26.2 Å². The van der Waals surface area contributed by atoms with Crippen molar-refractivity contribution in [1.29, 1.82) is 0 Å². The Labute approximate surface area is 179 Å². The smallest absolute Gasteiger partial charge is 0.406 e. The lowest BCUT2D eigenvalue weighted by Crippen LogP contribution is -2.36. The highest BCUT2D eigenvalue weighted by atomic mass is 19.4. The van der Waals surface area contributed by atoms with Crippen LogP contribution in [0.15, 0.2) is 53.5 Å². The molecule has 1 aliphatic heterocycles. The Morgan fingerprint density at radius 1 is 1.10 bits per heavy atom. The van der Waals surface area contributed by atoms with Gasteiger partial charge in [-0.05, 0) is 41.7 Å². The van der Waals surface area contributed by atoms with Crippen LogP contribution in [0.1, 0.15) is 29.5 Å². The Hall–Kier alpha value is -2.78. The Morgan fingerprint density at radius 3 is 2.39 bits per heavy atom. The number of piperidine rings is 1. The van der Waals surface area contributed by atoms with Gasteiger partial charge in [0.05, 0.1) is 12.6 Å². The second-order valence-electron chi connectivity index (χ2n) is 7.52. The van der Waals surface area contributed by atoms with E-state index >= 15 is 0 Å². The third-order valence-electron chi connectivity index (χ3n) is 5.12. The number of nitrogens with two attached hydrogens (primary N) is 1. The monoisotopic (exact) mass is 436 g/mol. The van der Waals surface area contributed by atoms with E-state index in [0.717, 1.165) is 38.0 Å². The van der Waals surface area contributed by atoms with Crippen LogP contribution in [0.3, 0.4) is 0 Å². The summed E-state index contributed by atoms with van der Waals surface area (Å²) in [4.78, 5) is 6.58. The Kier molecular flexibility index (Phi) is 7.75. The molecule has 0 aliphatic carbocycles. The van der Waals surface area contributed by atoms with Crippen LogP contribution in [0.25, 0.3) is 0 Å². The molecule has 2 aromatic rings. The summed E-state index contributed by atoms with van der Waals surface area (Å²) in [5.41, 5.74) is 8.98. The van der Waals surface area contributed by atoms with Crippen molar-refractivity contribution in [3.63, 3.8) is 0 Å². The fourth-order valence-electron chi connectivity index (χ4n) is 3.42. The highest BCUT2D eigenvalue weighted by Crippen LogP contribution is 2.23. The maximum absolute atomic E-state index is 12.2. The van der Waals surface area contributed by atoms with Gasteiger partial charge in [-0.15, -0.1) is 13.2 Å². The lowest BCUT2D eigenvalue weighted by Gasteiger charge is -2.30. The number of halogens is 3. The van der Waals surface area contributed by atoms with Crippen LogP contribution in [0, 0.1) is 0 Å². The van der Waals surface area contributed by atoms with Gasteiger partial charge in [0.2, 0.25) is 0 Å². The van der Waals surface area contributed by atoms with E-state index in [4.69, 9.17) is 5.73 Å². The predicted molar refractivity (Wildman–Crippen MR) is 112 cm³/mol. The zero-order valence-electron chi connectivity index (χ0n) is 17.1. The summed E-state index contributed by atoms with van der Waals surface area (Å²) in [5, 5.41) is 12.8. The summed E-state index contributed by atoms with van der Waals surface area (Å²) in [6.45, 7) is 3.32. The van der Waals surface area contributed by atoms with E-state index in [0.29, 0.717) is 12.1 Å². The first kappa shape index (κ1) is 22.9. The maximum Gasteiger partial charge on any atom is 0.573 e. The van der Waals surface area contributed by atoms with E-state index in [1.807, 2.05) is 18.2 Å². The number of nitrogens with one attached hydrogen (secondary N) is 1. The predicted octanol–water partition coefficient (Wildman–Crippen LogP) is 3.15. The van der Waals surface area contributed by atoms with Crippen LogP contribution in [0.5, 0.6) is 5.75 Å². The third-order valence-corrected chi connectivity index (χ3v) is 5.12. The average molecular weight is 436 g/mol. The molecule has 0 unspecified atom stereocenters. The summed E-state index contributed by atoms with van der Waals surface area (Å²) in [6.07, 6.45) is -3.32. The molecule has 168 valence electrons. The van der Waals surface area contributed by atoms with Gasteiger partial charge >= 0.3 is 6.36 Å². The Balaban J connectivity index is 1.51. The van der Waals surface area contributed by atoms with E-state index in [1.54, 1.807) is 0 Å². The number of rotatable bonds is 7. The molecule has 31 heavy (non-hydrogen) atoms. The van der Waals surface area contributed by atoms with Gasteiger partial charge in [-0.1, -0.05) is 36.4 Å². The molecule has 1 heterocycles. The molecule has 3 rings (SSSR count). The number of hydrogen-bond donors (Lipinski definition) is 3. The fourth-order valence-corrected chi connectivity index (χ4v) is 3.42. The highest BCUT2D eigenvalue weighted by molar-refractivity contribution is 5.77. The first-order chi connectivity index (χ1) is 14.8. The molecule has 6 nitrogen and oxygen atoms in total. The molecule has 1 fully saturated rings. The largest absolute Gasteiger partial charge is 0.573 e. The number of alkyl halides is 3. The molecule has 0 aromatic heterocycles. The number of likely N-dealkylation sites (tertiary alicyclic amines) is 1. The minimum atomic E-state index is -4.71. The van der Waals surface area contributed by atoms with Crippen LogP contribution in [0.4, 0.5) is 13.2 Å². The first-order valence-electron chi connectivity index (χ1n) is 10.1. The Morgan fingerprint density at radius 2 is 1.74 bits per heavy atom. The molecular formula is C22H27F3N4O2. The zero-order chi connectivity index (χ0) is 22.3. The molecule has 1 aliphatic rings. The molecule has 0 spiro atoms. The summed E-state index contributed by atoms with van der Waals surface area (Å²) in [5.74, 6) is -0.0161. The van der Waals surface area contributed by atoms with Crippen LogP contribution >= 0.6 is 0 Å². The minimum Gasteiger partial charge on any atom is -0.406 e. The molecule has 0 radical (unpaired) electrons. The number of aliphatic hydroxyl groups excluding tert-OH is 1. The molecule has 0 atom stereocenters. The van der Waals surface area contributed by atoms with Gasteiger partial charge < -0.3 is 20.9 Å². The third kappa shape index (κ3) is 7.76. The average Bonchev–Trinajstić information content (AvgIpc) is 2.73. The van der Waals surface area contributed by atoms with Crippen molar-refractivity contribution >= 4 is 5.96 Å². The van der Waals surface area contributed by atoms with E-state index in [2.05, 4.69) is 26.0 Å². The van der Waals surface area contributed by atoms with Crippen molar-refractivity contribution < 1.29 is 23.0 Å². The number of ether oxygens (including phenoxy) is 1. The van der Waals surface area contributed by atoms with Crippen LogP contribution in [-0.2, 0) is 19.6 Å². The van der Waals surface area contributed by atoms with Crippen LogP contribution < -0.4 is 15.8 Å². The normalized spacial score (nSPS) is 16.3. The van der Waals surface area contributed by atoms with Crippen molar-refractivity contribution in [2.24, 2.45) is 10.7 Å². The van der Waals surface area contributed by atoms with Crippen molar-refractivity contribution in [3.05, 3.63) is 65.2 Å². The molecule has 4 N–H and O–H groups in total. The molecule has 0 bridgehead atoms. The lowest BCUT2D eigenvalue weighted by molar-refractivity contribution is -0.274. The molecule has 1 saturated heterocycles. The fraction of sp³-hybridized carbons (Fsp3) is 0.409. The lowest BCUT2D eigenvalue weighted by atomic mass is 10.0. The van der Waals surface area contributed by atoms with Crippen molar-refractivity contribution in [2.45, 2.75) is 44.9 Å². The second kappa shape index (κ2) is 10.5. The molecular weight excluding hydrogens is 409 g/mol. The quantitative estimate of drug-likeness (QED) is 0.459. The van der Waals surface area contributed by atoms with Gasteiger partial charge in [-0.25, -0.2) is 4.99 Å². The minimum absolute atomic E-state index is 0.197. The maximum atomic E-state index is 12.2. The summed E-state index contributed by atoms with van der Waals surface area (Å²) >= 11 is 0. The SMILES string of the molecule is NC(=NCc1ccc(OC(F)(F)F)cc1)NCc1ccccc1CN1CCC(O)CC1. The molecule has 9 heteroatoms. The standard InChI is InChI=1S/C22H27F3N4O2/c23-22(24,25)31-20-7-5-16(6-8-20)13-27-21(26)28-14-17-3-1-2-4-18(17)15-29-11-9-19(30)10-12-29/h1-8,19,30H,9-15H2,(H3,26,27,28). The van der Waals surface area contributed by atoms with E-state index in [-0.39, 0.29) is 24.4 Å². The van der Waals surface area contributed by atoms with Gasteiger partial charge in [0.15, 0.2) is 5.96 Å².